The predicted octanol–water partition coefficient (Wildman–Crippen LogP) is 4.20. The SMILES string of the molecule is O=C(NCc1ccccc1F)c1cc(NCCCc2ccccc2)ccn1. The monoisotopic (exact) mass is 363 g/mol. The van der Waals surface area contributed by atoms with E-state index in [1.54, 1.807) is 30.5 Å². The van der Waals surface area contributed by atoms with Crippen LogP contribution in [0.25, 0.3) is 0 Å². The molecule has 0 fully saturated rings. The second kappa shape index (κ2) is 9.48. The standard InChI is InChI=1S/C22H22FN3O/c23-20-11-5-4-10-18(20)16-26-22(27)21-15-19(12-14-25-21)24-13-6-9-17-7-2-1-3-8-17/h1-5,7-8,10-12,14-15H,6,9,13,16H2,(H,24,25)(H,26,27). The molecular formula is C22H22FN3O. The third kappa shape index (κ3) is 5.64. The van der Waals surface area contributed by atoms with Crippen LogP contribution in [0.15, 0.2) is 72.9 Å². The van der Waals surface area contributed by atoms with Crippen LogP contribution >= 0.6 is 0 Å². The van der Waals surface area contributed by atoms with Crippen molar-refractivity contribution in [2.24, 2.45) is 0 Å². The van der Waals surface area contributed by atoms with Crippen LogP contribution in [-0.2, 0) is 13.0 Å². The molecule has 0 atom stereocenters. The van der Waals surface area contributed by atoms with Gasteiger partial charge in [0.25, 0.3) is 5.91 Å². The van der Waals surface area contributed by atoms with Gasteiger partial charge in [-0.15, -0.1) is 0 Å². The molecule has 2 N–H and O–H groups in total. The molecule has 0 spiro atoms. The maximum absolute atomic E-state index is 13.6. The summed E-state index contributed by atoms with van der Waals surface area (Å²) in [6.07, 6.45) is 3.58. The summed E-state index contributed by atoms with van der Waals surface area (Å²) in [6, 6.07) is 20.2. The number of halogens is 1. The summed E-state index contributed by atoms with van der Waals surface area (Å²) in [6.45, 7) is 0.928. The third-order valence-electron chi connectivity index (χ3n) is 4.20. The van der Waals surface area contributed by atoms with Gasteiger partial charge in [0, 0.05) is 30.5 Å². The second-order valence-electron chi connectivity index (χ2n) is 6.22. The number of rotatable bonds is 8. The number of carbonyl (C=O) groups excluding carboxylic acids is 1. The van der Waals surface area contributed by atoms with Crippen molar-refractivity contribution in [1.82, 2.24) is 10.3 Å². The van der Waals surface area contributed by atoms with Crippen molar-refractivity contribution in [2.45, 2.75) is 19.4 Å². The summed E-state index contributed by atoms with van der Waals surface area (Å²) in [5.41, 5.74) is 2.90. The van der Waals surface area contributed by atoms with Crippen LogP contribution in [-0.4, -0.2) is 17.4 Å². The quantitative estimate of drug-likeness (QED) is 0.590. The number of amides is 1. The van der Waals surface area contributed by atoms with E-state index in [1.165, 1.54) is 11.6 Å². The van der Waals surface area contributed by atoms with Gasteiger partial charge >= 0.3 is 0 Å². The summed E-state index contributed by atoms with van der Waals surface area (Å²) < 4.78 is 13.6. The van der Waals surface area contributed by atoms with Crippen molar-refractivity contribution in [3.05, 3.63) is 95.6 Å². The number of nitrogens with one attached hydrogen (secondary N) is 2. The highest BCUT2D eigenvalue weighted by Crippen LogP contribution is 2.10. The van der Waals surface area contributed by atoms with Gasteiger partial charge in [-0.05, 0) is 36.6 Å². The maximum Gasteiger partial charge on any atom is 0.270 e. The Morgan fingerprint density at radius 1 is 1.00 bits per heavy atom. The Labute approximate surface area is 158 Å². The molecule has 0 saturated carbocycles. The van der Waals surface area contributed by atoms with E-state index in [-0.39, 0.29) is 18.3 Å². The highest BCUT2D eigenvalue weighted by molar-refractivity contribution is 5.93. The third-order valence-corrected chi connectivity index (χ3v) is 4.20. The van der Waals surface area contributed by atoms with Gasteiger partial charge in [0.1, 0.15) is 11.5 Å². The largest absolute Gasteiger partial charge is 0.385 e. The number of hydrogen-bond donors (Lipinski definition) is 2. The van der Waals surface area contributed by atoms with E-state index in [1.807, 2.05) is 24.3 Å². The zero-order valence-electron chi connectivity index (χ0n) is 15.0. The second-order valence-corrected chi connectivity index (χ2v) is 6.22. The molecule has 1 amide bonds. The lowest BCUT2D eigenvalue weighted by Crippen LogP contribution is -2.24. The van der Waals surface area contributed by atoms with E-state index in [4.69, 9.17) is 0 Å². The van der Waals surface area contributed by atoms with Gasteiger partial charge in [0.05, 0.1) is 0 Å². The zero-order chi connectivity index (χ0) is 18.9. The molecule has 1 aromatic heterocycles. The molecule has 0 aliphatic heterocycles. The molecule has 0 aliphatic carbocycles. The Morgan fingerprint density at radius 3 is 2.59 bits per heavy atom. The number of pyridine rings is 1. The Kier molecular flexibility index (Phi) is 6.52. The topological polar surface area (TPSA) is 54.0 Å². The first-order valence-corrected chi connectivity index (χ1v) is 8.98. The molecular weight excluding hydrogens is 341 g/mol. The van der Waals surface area contributed by atoms with Gasteiger partial charge in [-0.25, -0.2) is 4.39 Å². The Bertz CT molecular complexity index is 883. The fourth-order valence-electron chi connectivity index (χ4n) is 2.74. The minimum absolute atomic E-state index is 0.127. The fourth-order valence-corrected chi connectivity index (χ4v) is 2.74. The first-order valence-electron chi connectivity index (χ1n) is 8.98. The van der Waals surface area contributed by atoms with Gasteiger partial charge in [-0.1, -0.05) is 48.5 Å². The molecule has 27 heavy (non-hydrogen) atoms. The zero-order valence-corrected chi connectivity index (χ0v) is 15.0. The number of anilines is 1. The predicted molar refractivity (Wildman–Crippen MR) is 105 cm³/mol. The fraction of sp³-hybridized carbons (Fsp3) is 0.182. The summed E-state index contributed by atoms with van der Waals surface area (Å²) >= 11 is 0. The maximum atomic E-state index is 13.6. The molecule has 0 unspecified atom stereocenters. The molecule has 2 aromatic carbocycles. The van der Waals surface area contributed by atoms with Gasteiger partial charge in [-0.3, -0.25) is 9.78 Å². The smallest absolute Gasteiger partial charge is 0.270 e. The number of aromatic nitrogens is 1. The van der Waals surface area contributed by atoms with Crippen molar-refractivity contribution < 1.29 is 9.18 Å². The minimum Gasteiger partial charge on any atom is -0.385 e. The average Bonchev–Trinajstić information content (AvgIpc) is 2.71. The summed E-state index contributed by atoms with van der Waals surface area (Å²) in [5, 5.41) is 6.02. The molecule has 1 heterocycles. The molecule has 3 aromatic rings. The van der Waals surface area contributed by atoms with Gasteiger partial charge in [0.2, 0.25) is 0 Å². The van der Waals surface area contributed by atoms with Crippen LogP contribution < -0.4 is 10.6 Å². The van der Waals surface area contributed by atoms with Gasteiger partial charge in [-0.2, -0.15) is 0 Å². The Morgan fingerprint density at radius 2 is 1.78 bits per heavy atom. The van der Waals surface area contributed by atoms with E-state index >= 15 is 0 Å². The molecule has 0 saturated heterocycles. The van der Waals surface area contributed by atoms with Crippen LogP contribution in [0.5, 0.6) is 0 Å². The minimum atomic E-state index is -0.334. The molecule has 5 heteroatoms. The Balaban J connectivity index is 1.49. The normalized spacial score (nSPS) is 10.4. The lowest BCUT2D eigenvalue weighted by molar-refractivity contribution is 0.0945. The average molecular weight is 363 g/mol. The molecule has 4 nitrogen and oxygen atoms in total. The van der Waals surface area contributed by atoms with Crippen LogP contribution in [0.2, 0.25) is 0 Å². The van der Waals surface area contributed by atoms with Crippen molar-refractivity contribution in [1.29, 1.82) is 0 Å². The lowest BCUT2D eigenvalue weighted by atomic mass is 10.1. The lowest BCUT2D eigenvalue weighted by Gasteiger charge is -2.09. The molecule has 0 bridgehead atoms. The molecule has 0 radical (unpaired) electrons. The number of hydrogen-bond acceptors (Lipinski definition) is 3. The summed E-state index contributed by atoms with van der Waals surface area (Å²) in [5.74, 6) is -0.661. The molecule has 3 rings (SSSR count). The Hall–Kier alpha value is -3.21. The number of carbonyl (C=O) groups is 1. The van der Waals surface area contributed by atoms with Gasteiger partial charge < -0.3 is 10.6 Å². The van der Waals surface area contributed by atoms with E-state index in [0.717, 1.165) is 25.1 Å². The highest BCUT2D eigenvalue weighted by Gasteiger charge is 2.09. The van der Waals surface area contributed by atoms with Crippen molar-refractivity contribution in [3.63, 3.8) is 0 Å². The first-order chi connectivity index (χ1) is 13.2. The van der Waals surface area contributed by atoms with Crippen molar-refractivity contribution >= 4 is 11.6 Å². The highest BCUT2D eigenvalue weighted by atomic mass is 19.1. The number of nitrogens with zero attached hydrogens (tertiary/aromatic N) is 1. The summed E-state index contributed by atoms with van der Waals surface area (Å²) in [7, 11) is 0. The van der Waals surface area contributed by atoms with Crippen LogP contribution in [0.1, 0.15) is 28.0 Å². The number of aryl methyl sites for hydroxylation is 1. The van der Waals surface area contributed by atoms with E-state index in [9.17, 15) is 9.18 Å². The number of benzene rings is 2. The molecule has 138 valence electrons. The van der Waals surface area contributed by atoms with Crippen LogP contribution in [0.3, 0.4) is 0 Å². The first kappa shape index (κ1) is 18.6. The van der Waals surface area contributed by atoms with Crippen LogP contribution in [0.4, 0.5) is 10.1 Å². The van der Waals surface area contributed by atoms with Crippen molar-refractivity contribution in [3.8, 4) is 0 Å². The van der Waals surface area contributed by atoms with Gasteiger partial charge in [0.15, 0.2) is 0 Å². The van der Waals surface area contributed by atoms with Crippen molar-refractivity contribution in [2.75, 3.05) is 11.9 Å². The van der Waals surface area contributed by atoms with E-state index in [0.29, 0.717) is 11.3 Å². The van der Waals surface area contributed by atoms with E-state index < -0.39 is 0 Å². The van der Waals surface area contributed by atoms with Crippen LogP contribution in [0, 0.1) is 5.82 Å². The van der Waals surface area contributed by atoms with E-state index in [2.05, 4.69) is 27.8 Å². The molecule has 0 aliphatic rings. The summed E-state index contributed by atoms with van der Waals surface area (Å²) in [4.78, 5) is 16.4.